The number of rotatable bonds is 6. The van der Waals surface area contributed by atoms with Gasteiger partial charge in [0.1, 0.15) is 0 Å². The topological polar surface area (TPSA) is 67.3 Å². The van der Waals surface area contributed by atoms with Gasteiger partial charge in [0.25, 0.3) is 0 Å². The number of hydrogen-bond acceptors (Lipinski definition) is 5. The molecule has 0 aliphatic rings. The second-order valence-corrected chi connectivity index (χ2v) is 5.15. The molecule has 0 radical (unpaired) electrons. The van der Waals surface area contributed by atoms with Gasteiger partial charge >= 0.3 is 6.18 Å². The minimum absolute atomic E-state index is 0.271. The Morgan fingerprint density at radius 2 is 1.88 bits per heavy atom. The van der Waals surface area contributed by atoms with E-state index in [1.165, 1.54) is 25.4 Å². The van der Waals surface area contributed by atoms with Crippen LogP contribution in [0.5, 0.6) is 5.88 Å². The lowest BCUT2D eigenvalue weighted by Crippen LogP contribution is -2.28. The van der Waals surface area contributed by atoms with Crippen molar-refractivity contribution in [2.24, 2.45) is 0 Å². The summed E-state index contributed by atoms with van der Waals surface area (Å²) in [6.45, 7) is 1.84. The molecule has 5 nitrogen and oxygen atoms in total. The van der Waals surface area contributed by atoms with Crippen LogP contribution in [0.3, 0.4) is 0 Å². The van der Waals surface area contributed by atoms with Gasteiger partial charge in [0, 0.05) is 12.3 Å². The third-order valence-corrected chi connectivity index (χ3v) is 3.55. The van der Waals surface area contributed by atoms with Gasteiger partial charge < -0.3 is 15.2 Å². The Hall–Kier alpha value is -2.35. The van der Waals surface area contributed by atoms with Crippen LogP contribution in [-0.2, 0) is 6.18 Å². The lowest BCUT2D eigenvalue weighted by Gasteiger charge is -2.23. The summed E-state index contributed by atoms with van der Waals surface area (Å²) in [7, 11) is 1.47. The van der Waals surface area contributed by atoms with Crippen LogP contribution in [0, 0.1) is 0 Å². The normalized spacial score (nSPS) is 14.1. The standard InChI is InChI=1S/C16H18F3N3O2/c1-3-12(21-15-20-9-8-13(22-15)24-2)14(23)10-4-6-11(7-5-10)16(17,18)19/h4-9,12,14,23H,3H2,1-2H3,(H,20,21,22). The number of anilines is 1. The molecular formula is C16H18F3N3O2. The number of aliphatic hydroxyl groups excluding tert-OH is 1. The Morgan fingerprint density at radius 3 is 2.42 bits per heavy atom. The molecule has 0 aliphatic heterocycles. The molecular weight excluding hydrogens is 323 g/mol. The Bertz CT molecular complexity index is 662. The van der Waals surface area contributed by atoms with Crippen molar-refractivity contribution < 1.29 is 23.0 Å². The lowest BCUT2D eigenvalue weighted by atomic mass is 9.99. The van der Waals surface area contributed by atoms with Crippen LogP contribution in [0.2, 0.25) is 0 Å². The maximum Gasteiger partial charge on any atom is 0.416 e. The third kappa shape index (κ3) is 4.35. The van der Waals surface area contributed by atoms with Crippen molar-refractivity contribution in [3.63, 3.8) is 0 Å². The molecule has 2 unspecified atom stereocenters. The van der Waals surface area contributed by atoms with Gasteiger partial charge in [0.05, 0.1) is 24.8 Å². The predicted molar refractivity (Wildman–Crippen MR) is 82.7 cm³/mol. The molecule has 2 aromatic rings. The summed E-state index contributed by atoms with van der Waals surface area (Å²) in [4.78, 5) is 8.13. The average molecular weight is 341 g/mol. The fourth-order valence-electron chi connectivity index (χ4n) is 2.20. The van der Waals surface area contributed by atoms with Gasteiger partial charge in [-0.3, -0.25) is 0 Å². The Morgan fingerprint density at radius 1 is 1.21 bits per heavy atom. The van der Waals surface area contributed by atoms with Gasteiger partial charge in [0.15, 0.2) is 0 Å². The second kappa shape index (κ2) is 7.48. The highest BCUT2D eigenvalue weighted by molar-refractivity contribution is 5.32. The number of benzene rings is 1. The third-order valence-electron chi connectivity index (χ3n) is 3.55. The smallest absolute Gasteiger partial charge is 0.416 e. The van der Waals surface area contributed by atoms with Crippen molar-refractivity contribution >= 4 is 5.95 Å². The molecule has 130 valence electrons. The molecule has 1 aromatic heterocycles. The number of ether oxygens (including phenoxy) is 1. The fourth-order valence-corrected chi connectivity index (χ4v) is 2.20. The number of hydrogen-bond donors (Lipinski definition) is 2. The summed E-state index contributed by atoms with van der Waals surface area (Å²) >= 11 is 0. The van der Waals surface area contributed by atoms with Crippen molar-refractivity contribution in [1.29, 1.82) is 0 Å². The van der Waals surface area contributed by atoms with E-state index in [-0.39, 0.29) is 5.95 Å². The Labute approximate surface area is 137 Å². The summed E-state index contributed by atoms with van der Waals surface area (Å²) in [6.07, 6.45) is -3.39. The zero-order valence-corrected chi connectivity index (χ0v) is 13.2. The number of nitrogens with one attached hydrogen (secondary N) is 1. The number of nitrogens with zero attached hydrogens (tertiary/aromatic N) is 2. The van der Waals surface area contributed by atoms with E-state index < -0.39 is 23.9 Å². The van der Waals surface area contributed by atoms with Crippen LogP contribution in [0.1, 0.15) is 30.6 Å². The van der Waals surface area contributed by atoms with Gasteiger partial charge in [-0.2, -0.15) is 18.2 Å². The molecule has 8 heteroatoms. The van der Waals surface area contributed by atoms with Gasteiger partial charge in [-0.25, -0.2) is 4.98 Å². The first-order valence-corrected chi connectivity index (χ1v) is 7.34. The lowest BCUT2D eigenvalue weighted by molar-refractivity contribution is -0.137. The zero-order chi connectivity index (χ0) is 17.7. The molecule has 0 amide bonds. The summed E-state index contributed by atoms with van der Waals surface area (Å²) in [5.41, 5.74) is -0.374. The molecule has 0 bridgehead atoms. The van der Waals surface area contributed by atoms with E-state index in [1.54, 1.807) is 6.07 Å². The fraction of sp³-hybridized carbons (Fsp3) is 0.375. The van der Waals surface area contributed by atoms with Crippen molar-refractivity contribution in [1.82, 2.24) is 9.97 Å². The van der Waals surface area contributed by atoms with E-state index in [9.17, 15) is 18.3 Å². The predicted octanol–water partition coefficient (Wildman–Crippen LogP) is 3.43. The quantitative estimate of drug-likeness (QED) is 0.843. The molecule has 24 heavy (non-hydrogen) atoms. The van der Waals surface area contributed by atoms with Crippen LogP contribution in [0.25, 0.3) is 0 Å². The Balaban J connectivity index is 2.14. The number of halogens is 3. The summed E-state index contributed by atoms with van der Waals surface area (Å²) < 4.78 is 42.8. The highest BCUT2D eigenvalue weighted by Crippen LogP contribution is 2.30. The minimum atomic E-state index is -4.40. The molecule has 0 saturated carbocycles. The van der Waals surface area contributed by atoms with Gasteiger partial charge in [-0.05, 0) is 24.1 Å². The molecule has 2 N–H and O–H groups in total. The maximum absolute atomic E-state index is 12.6. The highest BCUT2D eigenvalue weighted by atomic mass is 19.4. The van der Waals surface area contributed by atoms with E-state index in [1.807, 2.05) is 6.92 Å². The minimum Gasteiger partial charge on any atom is -0.481 e. The van der Waals surface area contributed by atoms with E-state index in [0.29, 0.717) is 17.9 Å². The highest BCUT2D eigenvalue weighted by Gasteiger charge is 2.30. The number of aliphatic hydroxyl groups is 1. The van der Waals surface area contributed by atoms with E-state index in [2.05, 4.69) is 15.3 Å². The van der Waals surface area contributed by atoms with Gasteiger partial charge in [-0.15, -0.1) is 0 Å². The number of methoxy groups -OCH3 is 1. The molecule has 0 fully saturated rings. The molecule has 0 aliphatic carbocycles. The van der Waals surface area contributed by atoms with Crippen molar-refractivity contribution in [3.05, 3.63) is 47.7 Å². The van der Waals surface area contributed by atoms with Crippen LogP contribution in [0.15, 0.2) is 36.5 Å². The van der Waals surface area contributed by atoms with Crippen molar-refractivity contribution in [2.45, 2.75) is 31.7 Å². The first-order valence-electron chi connectivity index (χ1n) is 7.34. The Kier molecular flexibility index (Phi) is 5.61. The molecule has 0 saturated heterocycles. The van der Waals surface area contributed by atoms with Gasteiger partial charge in [-0.1, -0.05) is 19.1 Å². The molecule has 0 spiro atoms. The first-order chi connectivity index (χ1) is 11.3. The SMILES string of the molecule is CCC(Nc1nccc(OC)n1)C(O)c1ccc(C(F)(F)F)cc1. The zero-order valence-electron chi connectivity index (χ0n) is 13.2. The van der Waals surface area contributed by atoms with Crippen LogP contribution >= 0.6 is 0 Å². The van der Waals surface area contributed by atoms with Crippen molar-refractivity contribution in [3.8, 4) is 5.88 Å². The monoisotopic (exact) mass is 341 g/mol. The van der Waals surface area contributed by atoms with E-state index in [4.69, 9.17) is 4.74 Å². The van der Waals surface area contributed by atoms with Crippen LogP contribution in [0.4, 0.5) is 19.1 Å². The van der Waals surface area contributed by atoms with Crippen LogP contribution < -0.4 is 10.1 Å². The second-order valence-electron chi connectivity index (χ2n) is 5.15. The van der Waals surface area contributed by atoms with E-state index >= 15 is 0 Å². The molecule has 2 atom stereocenters. The molecule has 2 rings (SSSR count). The van der Waals surface area contributed by atoms with Crippen molar-refractivity contribution in [2.75, 3.05) is 12.4 Å². The summed E-state index contributed by atoms with van der Waals surface area (Å²) in [5.74, 6) is 0.638. The molecule has 1 heterocycles. The van der Waals surface area contributed by atoms with Gasteiger partial charge in [0.2, 0.25) is 11.8 Å². The maximum atomic E-state index is 12.6. The summed E-state index contributed by atoms with van der Waals surface area (Å²) in [6, 6.07) is 5.56. The summed E-state index contributed by atoms with van der Waals surface area (Å²) in [5, 5.41) is 13.4. The average Bonchev–Trinajstić information content (AvgIpc) is 2.58. The largest absolute Gasteiger partial charge is 0.481 e. The van der Waals surface area contributed by atoms with E-state index in [0.717, 1.165) is 12.1 Å². The first kappa shape index (κ1) is 18.0. The molecule has 1 aromatic carbocycles. The number of alkyl halides is 3. The number of aromatic nitrogens is 2. The van der Waals surface area contributed by atoms with Crippen LogP contribution in [-0.4, -0.2) is 28.2 Å².